The van der Waals surface area contributed by atoms with Crippen LogP contribution in [0.1, 0.15) is 11.3 Å². The summed E-state index contributed by atoms with van der Waals surface area (Å²) in [5.41, 5.74) is 4.97. The van der Waals surface area contributed by atoms with E-state index in [1.807, 2.05) is 0 Å². The number of H-pyrrole nitrogens is 1. The minimum absolute atomic E-state index is 0.219. The van der Waals surface area contributed by atoms with Crippen LogP contribution in [0.3, 0.4) is 0 Å². The predicted octanol–water partition coefficient (Wildman–Crippen LogP) is 1.85. The first-order valence-electron chi connectivity index (χ1n) is 4.85. The molecule has 0 amide bonds. The van der Waals surface area contributed by atoms with Gasteiger partial charge in [0, 0.05) is 18.0 Å². The van der Waals surface area contributed by atoms with Crippen molar-refractivity contribution in [2.75, 3.05) is 11.1 Å². The van der Waals surface area contributed by atoms with Gasteiger partial charge in [-0.05, 0) is 6.92 Å². The van der Waals surface area contributed by atoms with E-state index in [9.17, 15) is 13.2 Å². The van der Waals surface area contributed by atoms with Crippen molar-refractivity contribution in [3.8, 4) is 0 Å². The fraction of sp³-hybridized carbons (Fsp3) is 0.222. The second kappa shape index (κ2) is 4.17. The number of hydrogen-bond acceptors (Lipinski definition) is 5. The molecule has 96 valence electrons. The molecule has 0 bridgehead atoms. The van der Waals surface area contributed by atoms with Crippen LogP contribution in [-0.4, -0.2) is 20.2 Å². The summed E-state index contributed by atoms with van der Waals surface area (Å²) in [6.45, 7) is 1.72. The summed E-state index contributed by atoms with van der Waals surface area (Å²) in [7, 11) is 0. The molecule has 0 aliphatic carbocycles. The van der Waals surface area contributed by atoms with Crippen LogP contribution in [0.4, 0.5) is 30.8 Å². The van der Waals surface area contributed by atoms with Gasteiger partial charge in [-0.2, -0.15) is 23.3 Å². The van der Waals surface area contributed by atoms with Gasteiger partial charge < -0.3 is 11.1 Å². The number of rotatable bonds is 2. The van der Waals surface area contributed by atoms with Gasteiger partial charge in [-0.3, -0.25) is 5.10 Å². The molecule has 2 aromatic heterocycles. The standard InChI is InChI=1S/C9H9F3N6/c1-4-2-6(18-17-4)15-7-5(9(10,11)12)3-14-8(13)16-7/h2-3H,1H3,(H4,13,14,15,16,17,18). The Morgan fingerprint density at radius 3 is 2.67 bits per heavy atom. The molecule has 0 aliphatic heterocycles. The molecular weight excluding hydrogens is 249 g/mol. The lowest BCUT2D eigenvalue weighted by molar-refractivity contribution is -0.137. The summed E-state index contributed by atoms with van der Waals surface area (Å²) in [5.74, 6) is -0.463. The highest BCUT2D eigenvalue weighted by atomic mass is 19.4. The van der Waals surface area contributed by atoms with E-state index in [0.29, 0.717) is 11.9 Å². The van der Waals surface area contributed by atoms with Crippen molar-refractivity contribution in [3.05, 3.63) is 23.5 Å². The van der Waals surface area contributed by atoms with Gasteiger partial charge in [0.2, 0.25) is 5.95 Å². The van der Waals surface area contributed by atoms with Crippen LogP contribution in [0.5, 0.6) is 0 Å². The Morgan fingerprint density at radius 1 is 1.39 bits per heavy atom. The van der Waals surface area contributed by atoms with Crippen molar-refractivity contribution in [1.82, 2.24) is 20.2 Å². The van der Waals surface area contributed by atoms with E-state index in [1.54, 1.807) is 13.0 Å². The summed E-state index contributed by atoms with van der Waals surface area (Å²) >= 11 is 0. The SMILES string of the molecule is Cc1cc(Nc2nc(N)ncc2C(F)(F)F)n[nH]1. The maximum Gasteiger partial charge on any atom is 0.421 e. The maximum absolute atomic E-state index is 12.7. The first-order chi connectivity index (χ1) is 8.36. The number of aromatic nitrogens is 4. The molecule has 0 aromatic carbocycles. The third kappa shape index (κ3) is 2.50. The molecule has 2 heterocycles. The molecule has 6 nitrogen and oxygen atoms in total. The van der Waals surface area contributed by atoms with Crippen LogP contribution in [0.2, 0.25) is 0 Å². The van der Waals surface area contributed by atoms with Gasteiger partial charge in [0.05, 0.1) is 0 Å². The number of aryl methyl sites for hydroxylation is 1. The molecule has 0 fully saturated rings. The van der Waals surface area contributed by atoms with E-state index in [-0.39, 0.29) is 11.8 Å². The zero-order chi connectivity index (χ0) is 13.3. The molecule has 0 aliphatic rings. The number of aromatic amines is 1. The lowest BCUT2D eigenvalue weighted by atomic mass is 10.3. The molecular formula is C9H9F3N6. The van der Waals surface area contributed by atoms with Crippen molar-refractivity contribution < 1.29 is 13.2 Å². The minimum atomic E-state index is -4.57. The van der Waals surface area contributed by atoms with Gasteiger partial charge in [-0.25, -0.2) is 4.98 Å². The highest BCUT2D eigenvalue weighted by Gasteiger charge is 2.35. The van der Waals surface area contributed by atoms with Crippen molar-refractivity contribution in [1.29, 1.82) is 0 Å². The van der Waals surface area contributed by atoms with Crippen LogP contribution < -0.4 is 11.1 Å². The average Bonchev–Trinajstić information content (AvgIpc) is 2.62. The average molecular weight is 258 g/mol. The zero-order valence-electron chi connectivity index (χ0n) is 9.21. The van der Waals surface area contributed by atoms with Crippen molar-refractivity contribution in [2.45, 2.75) is 13.1 Å². The van der Waals surface area contributed by atoms with Gasteiger partial charge >= 0.3 is 6.18 Å². The Bertz CT molecular complexity index is 562. The molecule has 0 unspecified atom stereocenters. The highest BCUT2D eigenvalue weighted by Crippen LogP contribution is 2.34. The van der Waals surface area contributed by atoms with Gasteiger partial charge in [-0.15, -0.1) is 0 Å². The van der Waals surface area contributed by atoms with E-state index in [4.69, 9.17) is 5.73 Å². The van der Waals surface area contributed by atoms with Gasteiger partial charge in [0.25, 0.3) is 0 Å². The number of hydrogen-bond donors (Lipinski definition) is 3. The van der Waals surface area contributed by atoms with E-state index >= 15 is 0 Å². The van der Waals surface area contributed by atoms with Crippen LogP contribution in [0.15, 0.2) is 12.3 Å². The number of nitrogen functional groups attached to an aromatic ring is 1. The van der Waals surface area contributed by atoms with Gasteiger partial charge in [-0.1, -0.05) is 0 Å². The summed E-state index contributed by atoms with van der Waals surface area (Å²) in [6.07, 6.45) is -3.94. The Labute approximate surface area is 99.4 Å². The summed E-state index contributed by atoms with van der Waals surface area (Å²) in [6, 6.07) is 1.54. The van der Waals surface area contributed by atoms with Gasteiger partial charge in [0.1, 0.15) is 11.4 Å². The summed E-state index contributed by atoms with van der Waals surface area (Å²) in [5, 5.41) is 8.80. The number of nitrogens with two attached hydrogens (primary N) is 1. The lowest BCUT2D eigenvalue weighted by Crippen LogP contribution is -2.12. The summed E-state index contributed by atoms with van der Waals surface area (Å²) < 4.78 is 38.1. The Kier molecular flexibility index (Phi) is 2.81. The van der Waals surface area contributed by atoms with E-state index < -0.39 is 17.6 Å². The number of anilines is 3. The largest absolute Gasteiger partial charge is 0.421 e. The highest BCUT2D eigenvalue weighted by molar-refractivity contribution is 5.57. The maximum atomic E-state index is 12.7. The second-order valence-corrected chi connectivity index (χ2v) is 3.55. The quantitative estimate of drug-likeness (QED) is 0.764. The zero-order valence-corrected chi connectivity index (χ0v) is 9.21. The fourth-order valence-electron chi connectivity index (χ4n) is 1.30. The van der Waals surface area contributed by atoms with Crippen LogP contribution >= 0.6 is 0 Å². The van der Waals surface area contributed by atoms with Gasteiger partial charge in [0.15, 0.2) is 5.82 Å². The van der Waals surface area contributed by atoms with Crippen molar-refractivity contribution in [3.63, 3.8) is 0 Å². The van der Waals surface area contributed by atoms with Crippen molar-refractivity contribution in [2.24, 2.45) is 0 Å². The predicted molar refractivity (Wildman–Crippen MR) is 58.1 cm³/mol. The third-order valence-electron chi connectivity index (χ3n) is 2.07. The third-order valence-corrected chi connectivity index (χ3v) is 2.07. The molecule has 0 spiro atoms. The first-order valence-corrected chi connectivity index (χ1v) is 4.85. The number of halogens is 3. The number of nitrogens with one attached hydrogen (secondary N) is 2. The van der Waals surface area contributed by atoms with E-state index in [2.05, 4.69) is 25.5 Å². The van der Waals surface area contributed by atoms with E-state index in [0.717, 1.165) is 0 Å². The molecule has 2 rings (SSSR count). The molecule has 0 saturated heterocycles. The molecule has 18 heavy (non-hydrogen) atoms. The molecule has 0 saturated carbocycles. The smallest absolute Gasteiger partial charge is 0.368 e. The Balaban J connectivity index is 2.39. The van der Waals surface area contributed by atoms with Crippen molar-refractivity contribution >= 4 is 17.6 Å². The Morgan fingerprint density at radius 2 is 2.11 bits per heavy atom. The van der Waals surface area contributed by atoms with E-state index in [1.165, 1.54) is 0 Å². The number of nitrogens with zero attached hydrogens (tertiary/aromatic N) is 3. The Hall–Kier alpha value is -2.32. The molecule has 0 atom stereocenters. The van der Waals surface area contributed by atoms with Crippen LogP contribution in [0.25, 0.3) is 0 Å². The minimum Gasteiger partial charge on any atom is -0.368 e. The topological polar surface area (TPSA) is 92.5 Å². The first kappa shape index (κ1) is 12.1. The fourth-order valence-corrected chi connectivity index (χ4v) is 1.30. The second-order valence-electron chi connectivity index (χ2n) is 3.55. The normalized spacial score (nSPS) is 11.6. The molecule has 4 N–H and O–H groups in total. The van der Waals surface area contributed by atoms with Crippen LogP contribution in [0, 0.1) is 6.92 Å². The van der Waals surface area contributed by atoms with Crippen LogP contribution in [-0.2, 0) is 6.18 Å². The summed E-state index contributed by atoms with van der Waals surface area (Å²) in [4.78, 5) is 6.86. The number of alkyl halides is 3. The molecule has 9 heteroatoms. The lowest BCUT2D eigenvalue weighted by Gasteiger charge is -2.11. The monoisotopic (exact) mass is 258 g/mol. The molecule has 2 aromatic rings. The molecule has 0 radical (unpaired) electrons.